The van der Waals surface area contributed by atoms with Crippen molar-refractivity contribution < 1.29 is 14.8 Å². The number of nitro groups is 1. The van der Waals surface area contributed by atoms with Gasteiger partial charge < -0.3 is 20.1 Å². The van der Waals surface area contributed by atoms with Crippen LogP contribution in [0.2, 0.25) is 0 Å². The number of aliphatic hydroxyl groups excluding tert-OH is 1. The SMILES string of the molecule is COCC(O)CCNc1cc2nc[nH]c(=O)c2cc1[N+](=O)[O-]. The van der Waals surface area contributed by atoms with Crippen molar-refractivity contribution >= 4 is 22.3 Å². The molecule has 0 amide bonds. The summed E-state index contributed by atoms with van der Waals surface area (Å²) in [5, 5.41) is 23.7. The van der Waals surface area contributed by atoms with Crippen LogP contribution < -0.4 is 10.9 Å². The zero-order valence-corrected chi connectivity index (χ0v) is 11.9. The van der Waals surface area contributed by atoms with E-state index in [4.69, 9.17) is 4.74 Å². The smallest absolute Gasteiger partial charge is 0.293 e. The largest absolute Gasteiger partial charge is 0.391 e. The molecule has 0 radical (unpaired) electrons. The number of rotatable bonds is 7. The number of methoxy groups -OCH3 is 1. The van der Waals surface area contributed by atoms with Crippen LogP contribution in [-0.2, 0) is 4.74 Å². The minimum absolute atomic E-state index is 0.152. The summed E-state index contributed by atoms with van der Waals surface area (Å²) in [7, 11) is 1.48. The van der Waals surface area contributed by atoms with Crippen LogP contribution in [0.3, 0.4) is 0 Å². The lowest BCUT2D eigenvalue weighted by molar-refractivity contribution is -0.383. The first-order valence-electron chi connectivity index (χ1n) is 6.59. The molecule has 118 valence electrons. The fourth-order valence-electron chi connectivity index (χ4n) is 2.05. The van der Waals surface area contributed by atoms with Crippen molar-refractivity contribution in [1.82, 2.24) is 9.97 Å². The molecule has 1 unspecified atom stereocenters. The maximum atomic E-state index is 11.7. The Kier molecular flexibility index (Phi) is 5.02. The second-order valence-electron chi connectivity index (χ2n) is 4.70. The van der Waals surface area contributed by atoms with Crippen LogP contribution in [0.4, 0.5) is 11.4 Å². The third kappa shape index (κ3) is 3.57. The average molecular weight is 308 g/mol. The number of hydrogen-bond acceptors (Lipinski definition) is 7. The van der Waals surface area contributed by atoms with E-state index in [0.29, 0.717) is 18.5 Å². The number of anilines is 1. The van der Waals surface area contributed by atoms with E-state index in [1.807, 2.05) is 0 Å². The molecule has 3 N–H and O–H groups in total. The van der Waals surface area contributed by atoms with Gasteiger partial charge in [0.2, 0.25) is 0 Å². The molecule has 2 rings (SSSR count). The minimum Gasteiger partial charge on any atom is -0.391 e. The molecule has 0 saturated carbocycles. The first kappa shape index (κ1) is 15.9. The van der Waals surface area contributed by atoms with Crippen molar-refractivity contribution in [1.29, 1.82) is 0 Å². The van der Waals surface area contributed by atoms with Gasteiger partial charge in [-0.3, -0.25) is 14.9 Å². The predicted octanol–water partition coefficient (Wildman–Crippen LogP) is 0.641. The number of aliphatic hydroxyl groups is 1. The van der Waals surface area contributed by atoms with Gasteiger partial charge in [-0.2, -0.15) is 0 Å². The number of fused-ring (bicyclic) bond motifs is 1. The van der Waals surface area contributed by atoms with E-state index >= 15 is 0 Å². The van der Waals surface area contributed by atoms with Gasteiger partial charge >= 0.3 is 0 Å². The number of nitro benzene ring substituents is 1. The highest BCUT2D eigenvalue weighted by molar-refractivity contribution is 5.86. The summed E-state index contributed by atoms with van der Waals surface area (Å²) >= 11 is 0. The van der Waals surface area contributed by atoms with Gasteiger partial charge in [-0.05, 0) is 12.5 Å². The number of ether oxygens (including phenoxy) is 1. The molecular weight excluding hydrogens is 292 g/mol. The Bertz CT molecular complexity index is 730. The van der Waals surface area contributed by atoms with Crippen LogP contribution in [0, 0.1) is 10.1 Å². The summed E-state index contributed by atoms with van der Waals surface area (Å²) in [6.45, 7) is 0.512. The summed E-state index contributed by atoms with van der Waals surface area (Å²) in [6, 6.07) is 2.64. The van der Waals surface area contributed by atoms with Crippen molar-refractivity contribution in [3.63, 3.8) is 0 Å². The zero-order chi connectivity index (χ0) is 16.1. The van der Waals surface area contributed by atoms with Gasteiger partial charge in [0.05, 0.1) is 34.9 Å². The molecule has 0 bridgehead atoms. The second-order valence-corrected chi connectivity index (χ2v) is 4.70. The Morgan fingerprint density at radius 2 is 2.32 bits per heavy atom. The first-order chi connectivity index (χ1) is 10.5. The van der Waals surface area contributed by atoms with Crippen LogP contribution in [-0.4, -0.2) is 46.4 Å². The Morgan fingerprint density at radius 3 is 3.00 bits per heavy atom. The van der Waals surface area contributed by atoms with E-state index in [9.17, 15) is 20.0 Å². The maximum Gasteiger partial charge on any atom is 0.293 e. The summed E-state index contributed by atoms with van der Waals surface area (Å²) in [5.74, 6) is 0. The van der Waals surface area contributed by atoms with Gasteiger partial charge in [0.1, 0.15) is 5.69 Å². The molecule has 2 aromatic rings. The van der Waals surface area contributed by atoms with Gasteiger partial charge in [-0.1, -0.05) is 0 Å². The molecule has 0 spiro atoms. The molecule has 1 heterocycles. The molecular formula is C13H16N4O5. The summed E-state index contributed by atoms with van der Waals surface area (Å²) in [4.78, 5) is 28.6. The molecule has 0 aliphatic rings. The Balaban J connectivity index is 2.26. The third-order valence-electron chi connectivity index (χ3n) is 3.11. The van der Waals surface area contributed by atoms with Gasteiger partial charge in [-0.25, -0.2) is 4.98 Å². The van der Waals surface area contributed by atoms with Gasteiger partial charge in [-0.15, -0.1) is 0 Å². The third-order valence-corrected chi connectivity index (χ3v) is 3.11. The molecule has 0 fully saturated rings. The molecule has 0 saturated heterocycles. The van der Waals surface area contributed by atoms with Crippen molar-refractivity contribution in [3.05, 3.63) is 38.9 Å². The van der Waals surface area contributed by atoms with Crippen LogP contribution in [0.25, 0.3) is 10.9 Å². The fourth-order valence-corrected chi connectivity index (χ4v) is 2.05. The van der Waals surface area contributed by atoms with E-state index < -0.39 is 16.6 Å². The normalized spacial score (nSPS) is 12.3. The molecule has 1 aromatic heterocycles. The van der Waals surface area contributed by atoms with Crippen molar-refractivity contribution in [2.24, 2.45) is 0 Å². The topological polar surface area (TPSA) is 130 Å². The van der Waals surface area contributed by atoms with E-state index in [1.54, 1.807) is 0 Å². The number of nitrogens with zero attached hydrogens (tertiary/aromatic N) is 2. The number of aromatic amines is 1. The van der Waals surface area contributed by atoms with E-state index in [-0.39, 0.29) is 23.4 Å². The van der Waals surface area contributed by atoms with Crippen LogP contribution >= 0.6 is 0 Å². The standard InChI is InChI=1S/C13H16N4O5/c1-22-6-8(18)2-3-14-11-5-10-9(4-12(11)17(20)21)13(19)16-7-15-10/h4-5,7-8,14,18H,2-3,6H2,1H3,(H,15,16,19). The second kappa shape index (κ2) is 6.96. The maximum absolute atomic E-state index is 11.7. The zero-order valence-electron chi connectivity index (χ0n) is 11.9. The number of aromatic nitrogens is 2. The highest BCUT2D eigenvalue weighted by Crippen LogP contribution is 2.27. The number of nitrogens with one attached hydrogen (secondary N) is 2. The highest BCUT2D eigenvalue weighted by atomic mass is 16.6. The lowest BCUT2D eigenvalue weighted by atomic mass is 10.2. The van der Waals surface area contributed by atoms with E-state index in [1.165, 1.54) is 25.6 Å². The van der Waals surface area contributed by atoms with E-state index in [2.05, 4.69) is 15.3 Å². The Hall–Kier alpha value is -2.52. The molecule has 0 aliphatic heterocycles. The van der Waals surface area contributed by atoms with Crippen LogP contribution in [0.15, 0.2) is 23.3 Å². The predicted molar refractivity (Wildman–Crippen MR) is 80.0 cm³/mol. The van der Waals surface area contributed by atoms with Crippen molar-refractivity contribution in [3.8, 4) is 0 Å². The molecule has 0 aliphatic carbocycles. The number of H-pyrrole nitrogens is 1. The highest BCUT2D eigenvalue weighted by Gasteiger charge is 2.17. The van der Waals surface area contributed by atoms with Crippen molar-refractivity contribution in [2.45, 2.75) is 12.5 Å². The van der Waals surface area contributed by atoms with Crippen molar-refractivity contribution in [2.75, 3.05) is 25.6 Å². The summed E-state index contributed by atoms with van der Waals surface area (Å²) in [5.41, 5.74) is -0.0445. The quantitative estimate of drug-likeness (QED) is 0.505. The molecule has 9 heteroatoms. The lowest BCUT2D eigenvalue weighted by Crippen LogP contribution is -2.18. The first-order valence-corrected chi connectivity index (χ1v) is 6.59. The molecule has 22 heavy (non-hydrogen) atoms. The monoisotopic (exact) mass is 308 g/mol. The Labute approximate surface area is 125 Å². The summed E-state index contributed by atoms with van der Waals surface area (Å²) < 4.78 is 4.80. The minimum atomic E-state index is -0.655. The lowest BCUT2D eigenvalue weighted by Gasteiger charge is -2.11. The van der Waals surface area contributed by atoms with Crippen LogP contribution in [0.1, 0.15) is 6.42 Å². The Morgan fingerprint density at radius 1 is 1.55 bits per heavy atom. The molecule has 1 aromatic carbocycles. The van der Waals surface area contributed by atoms with Gasteiger partial charge in [0.25, 0.3) is 11.2 Å². The summed E-state index contributed by atoms with van der Waals surface area (Å²) in [6.07, 6.45) is 0.951. The molecule has 1 atom stereocenters. The number of hydrogen-bond donors (Lipinski definition) is 3. The van der Waals surface area contributed by atoms with Gasteiger partial charge in [0.15, 0.2) is 0 Å². The van der Waals surface area contributed by atoms with E-state index in [0.717, 1.165) is 0 Å². The van der Waals surface area contributed by atoms with Crippen LogP contribution in [0.5, 0.6) is 0 Å². The van der Waals surface area contributed by atoms with Gasteiger partial charge in [0, 0.05) is 19.7 Å². The fraction of sp³-hybridized carbons (Fsp3) is 0.385. The molecule has 9 nitrogen and oxygen atoms in total. The average Bonchev–Trinajstić information content (AvgIpc) is 2.47. The number of benzene rings is 1.